The van der Waals surface area contributed by atoms with Crippen molar-refractivity contribution in [3.05, 3.63) is 51.8 Å². The average molecular weight is 304 g/mol. The Morgan fingerprint density at radius 1 is 1.20 bits per heavy atom. The van der Waals surface area contributed by atoms with Crippen molar-refractivity contribution >= 4 is 39.5 Å². The molecule has 102 valence electrons. The zero-order chi connectivity index (χ0) is 13.9. The van der Waals surface area contributed by atoms with Crippen molar-refractivity contribution in [2.24, 2.45) is 0 Å². The van der Waals surface area contributed by atoms with Crippen LogP contribution in [-0.4, -0.2) is 16.2 Å². The van der Waals surface area contributed by atoms with Gasteiger partial charge in [0, 0.05) is 16.8 Å². The minimum absolute atomic E-state index is 0.281. The Morgan fingerprint density at radius 2 is 2.00 bits per heavy atom. The van der Waals surface area contributed by atoms with Gasteiger partial charge in [-0.15, -0.1) is 10.2 Å². The maximum absolute atomic E-state index is 6.08. The normalized spacial score (nSPS) is 12.5. The maximum Gasteiger partial charge on any atom is 0.159 e. The Bertz CT molecular complexity index is 712. The predicted molar refractivity (Wildman–Crippen MR) is 85.7 cm³/mol. The minimum atomic E-state index is 0.281. The van der Waals surface area contributed by atoms with Crippen LogP contribution in [0.15, 0.2) is 41.1 Å². The summed E-state index contributed by atoms with van der Waals surface area (Å²) < 4.78 is 0. The lowest BCUT2D eigenvalue weighted by Gasteiger charge is -2.15. The van der Waals surface area contributed by atoms with Gasteiger partial charge in [-0.25, -0.2) is 0 Å². The first-order chi connectivity index (χ1) is 9.74. The molecule has 5 heteroatoms. The van der Waals surface area contributed by atoms with E-state index in [-0.39, 0.29) is 6.04 Å². The van der Waals surface area contributed by atoms with E-state index in [9.17, 15) is 0 Å². The van der Waals surface area contributed by atoms with Crippen molar-refractivity contribution in [1.82, 2.24) is 10.2 Å². The number of aromatic nitrogens is 2. The van der Waals surface area contributed by atoms with Crippen LogP contribution in [0.2, 0.25) is 5.15 Å². The van der Waals surface area contributed by atoms with E-state index in [1.165, 1.54) is 5.56 Å². The van der Waals surface area contributed by atoms with Gasteiger partial charge in [0.05, 0.1) is 0 Å². The highest BCUT2D eigenvalue weighted by atomic mass is 35.5. The lowest BCUT2D eigenvalue weighted by Crippen LogP contribution is -2.19. The Balaban J connectivity index is 1.85. The molecular formula is C15H14ClN3S. The minimum Gasteiger partial charge on any atom is -0.365 e. The summed E-state index contributed by atoms with van der Waals surface area (Å²) >= 11 is 7.80. The maximum atomic E-state index is 6.08. The third-order valence-corrected chi connectivity index (χ3v) is 4.16. The van der Waals surface area contributed by atoms with Crippen molar-refractivity contribution in [3.63, 3.8) is 0 Å². The molecule has 20 heavy (non-hydrogen) atoms. The molecule has 3 nitrogen and oxygen atoms in total. The molecule has 2 aromatic heterocycles. The number of nitrogens with one attached hydrogen (secondary N) is 1. The molecular weight excluding hydrogens is 290 g/mol. The van der Waals surface area contributed by atoms with Crippen LogP contribution in [0, 0.1) is 0 Å². The molecule has 0 radical (unpaired) electrons. The van der Waals surface area contributed by atoms with E-state index < -0.39 is 0 Å². The second kappa shape index (κ2) is 5.77. The van der Waals surface area contributed by atoms with Gasteiger partial charge in [0.1, 0.15) is 0 Å². The van der Waals surface area contributed by atoms with E-state index in [1.807, 2.05) is 24.3 Å². The Labute approximate surface area is 126 Å². The van der Waals surface area contributed by atoms with Crippen molar-refractivity contribution in [2.75, 3.05) is 5.32 Å². The highest BCUT2D eigenvalue weighted by molar-refractivity contribution is 7.07. The largest absolute Gasteiger partial charge is 0.365 e. The van der Waals surface area contributed by atoms with E-state index in [2.05, 4.69) is 39.3 Å². The monoisotopic (exact) mass is 303 g/mol. The van der Waals surface area contributed by atoms with Gasteiger partial charge in [0.15, 0.2) is 11.0 Å². The number of hydrogen-bond donors (Lipinski definition) is 1. The van der Waals surface area contributed by atoms with E-state index in [1.54, 1.807) is 11.3 Å². The summed E-state index contributed by atoms with van der Waals surface area (Å²) in [7, 11) is 0. The Kier molecular flexibility index (Phi) is 3.85. The lowest BCUT2D eigenvalue weighted by molar-refractivity contribution is 0.783. The first-order valence-corrected chi connectivity index (χ1v) is 7.74. The molecule has 0 saturated heterocycles. The van der Waals surface area contributed by atoms with Crippen LogP contribution < -0.4 is 5.32 Å². The molecule has 3 aromatic rings. The van der Waals surface area contributed by atoms with Gasteiger partial charge in [-0.3, -0.25) is 0 Å². The molecule has 0 fully saturated rings. The molecule has 0 saturated carbocycles. The summed E-state index contributed by atoms with van der Waals surface area (Å²) in [4.78, 5) is 0. The molecule has 3 rings (SSSR count). The van der Waals surface area contributed by atoms with Crippen molar-refractivity contribution in [1.29, 1.82) is 0 Å². The van der Waals surface area contributed by atoms with Gasteiger partial charge >= 0.3 is 0 Å². The third-order valence-electron chi connectivity index (χ3n) is 3.15. The molecule has 0 amide bonds. The zero-order valence-corrected chi connectivity index (χ0v) is 12.6. The lowest BCUT2D eigenvalue weighted by atomic mass is 10.1. The van der Waals surface area contributed by atoms with Gasteiger partial charge in [0.2, 0.25) is 0 Å². The standard InChI is InChI=1S/C15H14ClN3S/c1-10(8-11-6-7-20-9-11)17-15-13-5-3-2-4-12(13)14(16)18-19-15/h2-7,9-10H,8H2,1H3,(H,17,19). The van der Waals surface area contributed by atoms with Crippen LogP contribution in [0.5, 0.6) is 0 Å². The fraction of sp³-hybridized carbons (Fsp3) is 0.200. The topological polar surface area (TPSA) is 37.8 Å². The summed E-state index contributed by atoms with van der Waals surface area (Å²) in [5, 5.41) is 18.3. The first kappa shape index (κ1) is 13.3. The van der Waals surface area contributed by atoms with Gasteiger partial charge < -0.3 is 5.32 Å². The SMILES string of the molecule is CC(Cc1ccsc1)Nc1nnc(Cl)c2ccccc12. The molecule has 0 spiro atoms. The summed E-state index contributed by atoms with van der Waals surface area (Å²) in [5.41, 5.74) is 1.33. The van der Waals surface area contributed by atoms with Crippen LogP contribution >= 0.6 is 22.9 Å². The van der Waals surface area contributed by atoms with Gasteiger partial charge in [-0.05, 0) is 35.7 Å². The van der Waals surface area contributed by atoms with Gasteiger partial charge in [-0.2, -0.15) is 11.3 Å². The number of benzene rings is 1. The molecule has 0 aliphatic rings. The molecule has 1 atom stereocenters. The van der Waals surface area contributed by atoms with Crippen molar-refractivity contribution < 1.29 is 0 Å². The van der Waals surface area contributed by atoms with Crippen LogP contribution in [-0.2, 0) is 6.42 Å². The second-order valence-corrected chi connectivity index (χ2v) is 5.90. The number of halogens is 1. The molecule has 2 heterocycles. The molecule has 1 aromatic carbocycles. The fourth-order valence-corrected chi connectivity index (χ4v) is 3.11. The van der Waals surface area contributed by atoms with E-state index in [4.69, 9.17) is 11.6 Å². The van der Waals surface area contributed by atoms with Crippen LogP contribution in [0.3, 0.4) is 0 Å². The number of anilines is 1. The number of nitrogens with zero attached hydrogens (tertiary/aromatic N) is 2. The smallest absolute Gasteiger partial charge is 0.159 e. The summed E-state index contributed by atoms with van der Waals surface area (Å²) in [6, 6.07) is 10.3. The molecule has 1 unspecified atom stereocenters. The van der Waals surface area contributed by atoms with E-state index in [0.717, 1.165) is 23.0 Å². The first-order valence-electron chi connectivity index (χ1n) is 6.42. The molecule has 0 aliphatic carbocycles. The third kappa shape index (κ3) is 2.76. The summed E-state index contributed by atoms with van der Waals surface area (Å²) in [6.45, 7) is 2.14. The second-order valence-electron chi connectivity index (χ2n) is 4.77. The van der Waals surface area contributed by atoms with Crippen molar-refractivity contribution in [3.8, 4) is 0 Å². The fourth-order valence-electron chi connectivity index (χ4n) is 2.22. The van der Waals surface area contributed by atoms with E-state index >= 15 is 0 Å². The number of rotatable bonds is 4. The van der Waals surface area contributed by atoms with Crippen molar-refractivity contribution in [2.45, 2.75) is 19.4 Å². The van der Waals surface area contributed by atoms with E-state index in [0.29, 0.717) is 5.15 Å². The quantitative estimate of drug-likeness (QED) is 0.777. The number of hydrogen-bond acceptors (Lipinski definition) is 4. The highest BCUT2D eigenvalue weighted by Crippen LogP contribution is 2.26. The van der Waals surface area contributed by atoms with Gasteiger partial charge in [0.25, 0.3) is 0 Å². The van der Waals surface area contributed by atoms with Crippen LogP contribution in [0.4, 0.5) is 5.82 Å². The zero-order valence-electron chi connectivity index (χ0n) is 11.0. The Morgan fingerprint density at radius 3 is 2.75 bits per heavy atom. The molecule has 0 aliphatic heterocycles. The predicted octanol–water partition coefficient (Wildman–Crippen LogP) is 4.39. The molecule has 1 N–H and O–H groups in total. The summed E-state index contributed by atoms with van der Waals surface area (Å²) in [6.07, 6.45) is 0.960. The average Bonchev–Trinajstić information content (AvgIpc) is 2.95. The van der Waals surface area contributed by atoms with Crippen LogP contribution in [0.1, 0.15) is 12.5 Å². The number of thiophene rings is 1. The number of fused-ring (bicyclic) bond motifs is 1. The van der Waals surface area contributed by atoms with Crippen LogP contribution in [0.25, 0.3) is 10.8 Å². The highest BCUT2D eigenvalue weighted by Gasteiger charge is 2.10. The van der Waals surface area contributed by atoms with Gasteiger partial charge in [-0.1, -0.05) is 35.9 Å². The molecule has 0 bridgehead atoms. The Hall–Kier alpha value is -1.65. The summed E-state index contributed by atoms with van der Waals surface area (Å²) in [5.74, 6) is 0.785.